The predicted octanol–water partition coefficient (Wildman–Crippen LogP) is 2.35. The third kappa shape index (κ3) is 5.09. The molecule has 0 rings (SSSR count). The maximum absolute atomic E-state index is 11.4. The lowest BCUT2D eigenvalue weighted by Crippen LogP contribution is -2.35. The number of methoxy groups -OCH3 is 1. The molecule has 0 aliphatic rings. The van der Waals surface area contributed by atoms with Gasteiger partial charge in [0.25, 0.3) is 0 Å². The molecule has 0 aromatic heterocycles. The molecule has 0 N–H and O–H groups in total. The highest BCUT2D eigenvalue weighted by Crippen LogP contribution is 2.17. The summed E-state index contributed by atoms with van der Waals surface area (Å²) in [7, 11) is 1.67. The van der Waals surface area contributed by atoms with Gasteiger partial charge in [0, 0.05) is 7.11 Å². The SMILES string of the molecule is C=CC(=O)C(C)(C)OCCC(C)(C)OC. The van der Waals surface area contributed by atoms with Crippen LogP contribution >= 0.6 is 0 Å². The van der Waals surface area contributed by atoms with E-state index in [2.05, 4.69) is 6.58 Å². The Morgan fingerprint density at radius 3 is 2.27 bits per heavy atom. The van der Waals surface area contributed by atoms with E-state index in [1.54, 1.807) is 21.0 Å². The summed E-state index contributed by atoms with van der Waals surface area (Å²) in [4.78, 5) is 11.4. The molecule has 0 heterocycles. The molecular weight excluding hydrogens is 192 g/mol. The van der Waals surface area contributed by atoms with Crippen LogP contribution in [0.5, 0.6) is 0 Å². The van der Waals surface area contributed by atoms with Gasteiger partial charge >= 0.3 is 0 Å². The van der Waals surface area contributed by atoms with E-state index < -0.39 is 5.60 Å². The first-order valence-corrected chi connectivity index (χ1v) is 5.11. The maximum atomic E-state index is 11.4. The van der Waals surface area contributed by atoms with Crippen LogP contribution in [0.2, 0.25) is 0 Å². The van der Waals surface area contributed by atoms with Crippen molar-refractivity contribution in [2.75, 3.05) is 13.7 Å². The smallest absolute Gasteiger partial charge is 0.186 e. The van der Waals surface area contributed by atoms with E-state index in [1.165, 1.54) is 6.08 Å². The van der Waals surface area contributed by atoms with Crippen molar-refractivity contribution >= 4 is 5.78 Å². The van der Waals surface area contributed by atoms with Gasteiger partial charge in [0.1, 0.15) is 5.60 Å². The number of carbonyl (C=O) groups is 1. The molecule has 0 spiro atoms. The van der Waals surface area contributed by atoms with Gasteiger partial charge in [-0.1, -0.05) is 6.58 Å². The Hall–Kier alpha value is -0.670. The summed E-state index contributed by atoms with van der Waals surface area (Å²) in [5.74, 6) is -0.0993. The highest BCUT2D eigenvalue weighted by molar-refractivity contribution is 5.95. The van der Waals surface area contributed by atoms with Gasteiger partial charge in [-0.2, -0.15) is 0 Å². The second-order valence-electron chi connectivity index (χ2n) is 4.64. The van der Waals surface area contributed by atoms with Gasteiger partial charge in [0.05, 0.1) is 12.2 Å². The monoisotopic (exact) mass is 214 g/mol. The van der Waals surface area contributed by atoms with E-state index in [0.717, 1.165) is 6.42 Å². The van der Waals surface area contributed by atoms with Crippen molar-refractivity contribution in [1.82, 2.24) is 0 Å². The first-order chi connectivity index (χ1) is 6.75. The normalized spacial score (nSPS) is 12.6. The van der Waals surface area contributed by atoms with Crippen LogP contribution in [0.25, 0.3) is 0 Å². The lowest BCUT2D eigenvalue weighted by atomic mass is 10.0. The van der Waals surface area contributed by atoms with Crippen molar-refractivity contribution in [2.24, 2.45) is 0 Å². The van der Waals surface area contributed by atoms with Crippen LogP contribution in [0, 0.1) is 0 Å². The Kier molecular flexibility index (Phi) is 5.18. The van der Waals surface area contributed by atoms with Gasteiger partial charge < -0.3 is 9.47 Å². The van der Waals surface area contributed by atoms with Crippen LogP contribution in [0.15, 0.2) is 12.7 Å². The minimum Gasteiger partial charge on any atom is -0.379 e. The minimum atomic E-state index is -0.786. The van der Waals surface area contributed by atoms with Crippen molar-refractivity contribution in [1.29, 1.82) is 0 Å². The molecule has 0 fully saturated rings. The van der Waals surface area contributed by atoms with Crippen molar-refractivity contribution in [3.8, 4) is 0 Å². The van der Waals surface area contributed by atoms with E-state index in [1.807, 2.05) is 13.8 Å². The zero-order valence-electron chi connectivity index (χ0n) is 10.4. The fourth-order valence-corrected chi connectivity index (χ4v) is 0.971. The molecular formula is C12H22O3. The zero-order valence-corrected chi connectivity index (χ0v) is 10.4. The Labute approximate surface area is 92.5 Å². The number of hydrogen-bond donors (Lipinski definition) is 0. The third-order valence-electron chi connectivity index (χ3n) is 2.50. The quantitative estimate of drug-likeness (QED) is 0.610. The van der Waals surface area contributed by atoms with Crippen LogP contribution in [0.4, 0.5) is 0 Å². The summed E-state index contributed by atoms with van der Waals surface area (Å²) in [5.41, 5.74) is -1.00. The molecule has 0 radical (unpaired) electrons. The molecule has 0 saturated carbocycles. The van der Waals surface area contributed by atoms with Crippen LogP contribution in [0.1, 0.15) is 34.1 Å². The van der Waals surface area contributed by atoms with Gasteiger partial charge in [-0.25, -0.2) is 0 Å². The van der Waals surface area contributed by atoms with Crippen molar-refractivity contribution in [3.63, 3.8) is 0 Å². The molecule has 0 atom stereocenters. The molecule has 0 aromatic rings. The summed E-state index contributed by atoms with van der Waals surface area (Å²) in [6, 6.07) is 0. The minimum absolute atomic E-state index is 0.0993. The predicted molar refractivity (Wildman–Crippen MR) is 60.9 cm³/mol. The third-order valence-corrected chi connectivity index (χ3v) is 2.50. The van der Waals surface area contributed by atoms with Gasteiger partial charge in [-0.05, 0) is 40.2 Å². The first-order valence-electron chi connectivity index (χ1n) is 5.11. The highest BCUT2D eigenvalue weighted by atomic mass is 16.5. The number of rotatable bonds is 7. The molecule has 0 unspecified atom stereocenters. The Morgan fingerprint density at radius 1 is 1.33 bits per heavy atom. The second-order valence-corrected chi connectivity index (χ2v) is 4.64. The first kappa shape index (κ1) is 14.3. The number of carbonyl (C=O) groups excluding carboxylic acids is 1. The molecule has 0 bridgehead atoms. The summed E-state index contributed by atoms with van der Waals surface area (Å²) in [5, 5.41) is 0. The van der Waals surface area contributed by atoms with Crippen molar-refractivity contribution in [3.05, 3.63) is 12.7 Å². The molecule has 3 heteroatoms. The summed E-state index contributed by atoms with van der Waals surface area (Å²) >= 11 is 0. The fourth-order valence-electron chi connectivity index (χ4n) is 0.971. The topological polar surface area (TPSA) is 35.5 Å². The van der Waals surface area contributed by atoms with E-state index in [9.17, 15) is 4.79 Å². The zero-order chi connectivity index (χ0) is 12.1. The molecule has 0 aliphatic carbocycles. The van der Waals surface area contributed by atoms with E-state index in [0.29, 0.717) is 6.61 Å². The Bertz CT molecular complexity index is 229. The number of ether oxygens (including phenoxy) is 2. The largest absolute Gasteiger partial charge is 0.379 e. The van der Waals surface area contributed by atoms with E-state index >= 15 is 0 Å². The van der Waals surface area contributed by atoms with Gasteiger partial charge in [0.2, 0.25) is 0 Å². The van der Waals surface area contributed by atoms with Crippen molar-refractivity contribution < 1.29 is 14.3 Å². The van der Waals surface area contributed by atoms with E-state index in [-0.39, 0.29) is 11.4 Å². The average Bonchev–Trinajstić information content (AvgIpc) is 2.16. The van der Waals surface area contributed by atoms with Gasteiger partial charge in [-0.3, -0.25) is 4.79 Å². The summed E-state index contributed by atoms with van der Waals surface area (Å²) in [6.45, 7) is 11.4. The van der Waals surface area contributed by atoms with Crippen LogP contribution < -0.4 is 0 Å². The molecule has 0 saturated heterocycles. The standard InChI is InChI=1S/C12H22O3/c1-7-10(13)12(4,5)15-9-8-11(2,3)14-6/h7H,1,8-9H2,2-6H3. The van der Waals surface area contributed by atoms with Gasteiger partial charge in [-0.15, -0.1) is 0 Å². The Balaban J connectivity index is 4.06. The van der Waals surface area contributed by atoms with Gasteiger partial charge in [0.15, 0.2) is 5.78 Å². The number of ketones is 1. The fraction of sp³-hybridized carbons (Fsp3) is 0.750. The molecule has 0 amide bonds. The van der Waals surface area contributed by atoms with E-state index in [4.69, 9.17) is 9.47 Å². The molecule has 0 aliphatic heterocycles. The maximum Gasteiger partial charge on any atom is 0.186 e. The second kappa shape index (κ2) is 5.42. The molecule has 15 heavy (non-hydrogen) atoms. The summed E-state index contributed by atoms with van der Waals surface area (Å²) in [6.07, 6.45) is 2.04. The van der Waals surface area contributed by atoms with Crippen LogP contribution in [-0.4, -0.2) is 30.7 Å². The van der Waals surface area contributed by atoms with Crippen molar-refractivity contribution in [2.45, 2.75) is 45.3 Å². The summed E-state index contributed by atoms with van der Waals surface area (Å²) < 4.78 is 10.8. The molecule has 3 nitrogen and oxygen atoms in total. The Morgan fingerprint density at radius 2 is 1.87 bits per heavy atom. The van der Waals surface area contributed by atoms with Crippen LogP contribution in [-0.2, 0) is 14.3 Å². The molecule has 0 aromatic carbocycles. The molecule has 88 valence electrons. The lowest BCUT2D eigenvalue weighted by molar-refractivity contribution is -0.137. The lowest BCUT2D eigenvalue weighted by Gasteiger charge is -2.27. The average molecular weight is 214 g/mol. The van der Waals surface area contributed by atoms with Crippen LogP contribution in [0.3, 0.4) is 0 Å². The number of hydrogen-bond acceptors (Lipinski definition) is 3. The highest BCUT2D eigenvalue weighted by Gasteiger charge is 2.27.